The van der Waals surface area contributed by atoms with Gasteiger partial charge in [0.25, 0.3) is 0 Å². The van der Waals surface area contributed by atoms with Gasteiger partial charge in [0.1, 0.15) is 0 Å². The average molecular weight is 295 g/mol. The first-order chi connectivity index (χ1) is 8.77. The zero-order chi connectivity index (χ0) is 14.2. The van der Waals surface area contributed by atoms with E-state index in [1.165, 1.54) is 10.4 Å². The van der Waals surface area contributed by atoms with Gasteiger partial charge in [0.15, 0.2) is 5.13 Å². The zero-order valence-corrected chi connectivity index (χ0v) is 13.3. The van der Waals surface area contributed by atoms with Crippen molar-refractivity contribution in [1.29, 1.82) is 0 Å². The number of hydrogen-bond donors (Lipinski definition) is 1. The Hall–Kier alpha value is -1.06. The lowest BCUT2D eigenvalue weighted by Crippen LogP contribution is -2.14. The van der Waals surface area contributed by atoms with E-state index in [0.717, 1.165) is 22.7 Å². The Kier molecular flexibility index (Phi) is 3.88. The molecule has 0 radical (unpaired) electrons. The van der Waals surface area contributed by atoms with Crippen molar-refractivity contribution in [2.75, 3.05) is 5.73 Å². The molecule has 0 fully saturated rings. The summed E-state index contributed by atoms with van der Waals surface area (Å²) in [5.74, 6) is 0. The first-order valence-electron chi connectivity index (χ1n) is 6.28. The van der Waals surface area contributed by atoms with Gasteiger partial charge in [-0.2, -0.15) is 0 Å². The monoisotopic (exact) mass is 294 g/mol. The van der Waals surface area contributed by atoms with Gasteiger partial charge in [0.2, 0.25) is 0 Å². The van der Waals surface area contributed by atoms with E-state index in [9.17, 15) is 0 Å². The van der Waals surface area contributed by atoms with Crippen molar-refractivity contribution >= 4 is 28.1 Å². The van der Waals surface area contributed by atoms with Crippen molar-refractivity contribution in [2.24, 2.45) is 0 Å². The van der Waals surface area contributed by atoms with Crippen molar-refractivity contribution in [2.45, 2.75) is 39.5 Å². The largest absolute Gasteiger partial charge is 0.375 e. The molecule has 0 saturated carbocycles. The second-order valence-corrected chi connectivity index (χ2v) is 7.36. The summed E-state index contributed by atoms with van der Waals surface area (Å²) < 4.78 is 0. The van der Waals surface area contributed by atoms with E-state index in [0.29, 0.717) is 5.13 Å². The van der Waals surface area contributed by atoms with E-state index in [2.05, 4.69) is 37.9 Å². The third kappa shape index (κ3) is 3.28. The molecule has 1 aromatic carbocycles. The van der Waals surface area contributed by atoms with Crippen LogP contribution >= 0.6 is 22.9 Å². The highest BCUT2D eigenvalue weighted by Gasteiger charge is 2.22. The molecule has 102 valence electrons. The SMILES string of the molecule is Cc1ccc(Cc2sc(N)nc2C(C)(C)C)cc1Cl. The molecule has 2 nitrogen and oxygen atoms in total. The van der Waals surface area contributed by atoms with Gasteiger partial charge >= 0.3 is 0 Å². The maximum absolute atomic E-state index is 6.18. The number of hydrogen-bond acceptors (Lipinski definition) is 3. The van der Waals surface area contributed by atoms with Crippen molar-refractivity contribution in [3.8, 4) is 0 Å². The third-order valence-electron chi connectivity index (χ3n) is 3.03. The van der Waals surface area contributed by atoms with Crippen LogP contribution in [0.25, 0.3) is 0 Å². The Balaban J connectivity index is 2.35. The molecule has 0 aliphatic rings. The van der Waals surface area contributed by atoms with E-state index in [-0.39, 0.29) is 5.41 Å². The highest BCUT2D eigenvalue weighted by atomic mass is 35.5. The van der Waals surface area contributed by atoms with E-state index < -0.39 is 0 Å². The highest BCUT2D eigenvalue weighted by molar-refractivity contribution is 7.15. The first kappa shape index (κ1) is 14.4. The van der Waals surface area contributed by atoms with Gasteiger partial charge in [-0.1, -0.05) is 44.5 Å². The fourth-order valence-electron chi connectivity index (χ4n) is 2.01. The molecule has 0 saturated heterocycles. The van der Waals surface area contributed by atoms with E-state index in [1.54, 1.807) is 11.3 Å². The summed E-state index contributed by atoms with van der Waals surface area (Å²) in [6.45, 7) is 8.49. The second-order valence-electron chi connectivity index (χ2n) is 5.83. The quantitative estimate of drug-likeness (QED) is 0.881. The molecule has 0 spiro atoms. The van der Waals surface area contributed by atoms with Crippen LogP contribution in [0.3, 0.4) is 0 Å². The molecule has 0 bridgehead atoms. The van der Waals surface area contributed by atoms with Gasteiger partial charge in [0.05, 0.1) is 5.69 Å². The molecule has 19 heavy (non-hydrogen) atoms. The Labute approximate surface area is 123 Å². The van der Waals surface area contributed by atoms with Gasteiger partial charge in [-0.05, 0) is 24.1 Å². The maximum Gasteiger partial charge on any atom is 0.180 e. The topological polar surface area (TPSA) is 38.9 Å². The molecule has 1 heterocycles. The number of rotatable bonds is 2. The summed E-state index contributed by atoms with van der Waals surface area (Å²) in [5.41, 5.74) is 9.27. The predicted octanol–water partition coefficient (Wildman–Crippen LogP) is 4.58. The molecule has 2 N–H and O–H groups in total. The third-order valence-corrected chi connectivity index (χ3v) is 4.32. The Morgan fingerprint density at radius 3 is 2.58 bits per heavy atom. The molecule has 0 amide bonds. The number of nitrogen functional groups attached to an aromatic ring is 1. The van der Waals surface area contributed by atoms with Crippen LogP contribution in [-0.4, -0.2) is 4.98 Å². The smallest absolute Gasteiger partial charge is 0.180 e. The number of benzene rings is 1. The van der Waals surface area contributed by atoms with Gasteiger partial charge in [-0.3, -0.25) is 0 Å². The van der Waals surface area contributed by atoms with E-state index in [1.807, 2.05) is 13.0 Å². The zero-order valence-electron chi connectivity index (χ0n) is 11.7. The van der Waals surface area contributed by atoms with Gasteiger partial charge in [-0.15, -0.1) is 11.3 Å². The molecular weight excluding hydrogens is 276 g/mol. The molecule has 2 aromatic rings. The summed E-state index contributed by atoms with van der Waals surface area (Å²) in [5, 5.41) is 1.45. The Bertz CT molecular complexity index is 597. The van der Waals surface area contributed by atoms with Crippen LogP contribution in [0, 0.1) is 6.92 Å². The molecule has 1 aromatic heterocycles. The van der Waals surface area contributed by atoms with E-state index >= 15 is 0 Å². The lowest BCUT2D eigenvalue weighted by Gasteiger charge is -2.17. The minimum Gasteiger partial charge on any atom is -0.375 e. The number of anilines is 1. The number of nitrogens with two attached hydrogens (primary N) is 1. The average Bonchev–Trinajstić information content (AvgIpc) is 2.65. The Morgan fingerprint density at radius 2 is 2.00 bits per heavy atom. The highest BCUT2D eigenvalue weighted by Crippen LogP contribution is 2.32. The van der Waals surface area contributed by atoms with Crippen molar-refractivity contribution < 1.29 is 0 Å². The second kappa shape index (κ2) is 5.14. The molecular formula is C15H19ClN2S. The van der Waals surface area contributed by atoms with Gasteiger partial charge in [0, 0.05) is 21.7 Å². The summed E-state index contributed by atoms with van der Waals surface area (Å²) in [6.07, 6.45) is 0.835. The summed E-state index contributed by atoms with van der Waals surface area (Å²) in [4.78, 5) is 5.71. The first-order valence-corrected chi connectivity index (χ1v) is 7.47. The van der Waals surface area contributed by atoms with Crippen LogP contribution in [0.2, 0.25) is 5.02 Å². The summed E-state index contributed by atoms with van der Waals surface area (Å²) in [6, 6.07) is 6.20. The van der Waals surface area contributed by atoms with Crippen LogP contribution < -0.4 is 5.73 Å². The Morgan fingerprint density at radius 1 is 1.32 bits per heavy atom. The van der Waals surface area contributed by atoms with Crippen LogP contribution in [0.1, 0.15) is 42.5 Å². The van der Waals surface area contributed by atoms with Crippen molar-refractivity contribution in [3.05, 3.63) is 44.9 Å². The van der Waals surface area contributed by atoms with Crippen LogP contribution in [-0.2, 0) is 11.8 Å². The summed E-state index contributed by atoms with van der Waals surface area (Å²) in [7, 11) is 0. The fraction of sp³-hybridized carbons (Fsp3) is 0.400. The number of thiazole rings is 1. The summed E-state index contributed by atoms with van der Waals surface area (Å²) >= 11 is 7.75. The lowest BCUT2D eigenvalue weighted by molar-refractivity contribution is 0.568. The minimum absolute atomic E-state index is 0.0119. The van der Waals surface area contributed by atoms with Crippen LogP contribution in [0.15, 0.2) is 18.2 Å². The van der Waals surface area contributed by atoms with Crippen molar-refractivity contribution in [3.63, 3.8) is 0 Å². The number of aromatic nitrogens is 1. The number of nitrogens with zero attached hydrogens (tertiary/aromatic N) is 1. The normalized spacial score (nSPS) is 11.8. The number of aryl methyl sites for hydroxylation is 1. The molecule has 0 aliphatic heterocycles. The van der Waals surface area contributed by atoms with Crippen LogP contribution in [0.4, 0.5) is 5.13 Å². The standard InChI is InChI=1S/C15H19ClN2S/c1-9-5-6-10(7-11(9)16)8-12-13(15(2,3)4)18-14(17)19-12/h5-7H,8H2,1-4H3,(H2,17,18). The van der Waals surface area contributed by atoms with E-state index in [4.69, 9.17) is 17.3 Å². The number of halogens is 1. The van der Waals surface area contributed by atoms with Gasteiger partial charge < -0.3 is 5.73 Å². The molecule has 0 aliphatic carbocycles. The fourth-order valence-corrected chi connectivity index (χ4v) is 3.29. The molecule has 0 unspecified atom stereocenters. The minimum atomic E-state index is 0.0119. The van der Waals surface area contributed by atoms with Crippen molar-refractivity contribution in [1.82, 2.24) is 4.98 Å². The predicted molar refractivity (Wildman–Crippen MR) is 84.2 cm³/mol. The lowest BCUT2D eigenvalue weighted by atomic mass is 9.90. The molecule has 2 rings (SSSR count). The molecule has 0 atom stereocenters. The molecule has 4 heteroatoms. The van der Waals surface area contributed by atoms with Crippen LogP contribution in [0.5, 0.6) is 0 Å². The maximum atomic E-state index is 6.18. The van der Waals surface area contributed by atoms with Gasteiger partial charge in [-0.25, -0.2) is 4.98 Å².